The average Bonchev–Trinajstić information content (AvgIpc) is 2.58. The minimum atomic E-state index is -0.0561. The van der Waals surface area contributed by atoms with Gasteiger partial charge in [-0.05, 0) is 30.3 Å². The van der Waals surface area contributed by atoms with Crippen LogP contribution in [0.2, 0.25) is 0 Å². The number of halogens is 1. The van der Waals surface area contributed by atoms with Crippen molar-refractivity contribution < 1.29 is 0 Å². The Morgan fingerprint density at radius 3 is 1.62 bits per heavy atom. The highest BCUT2D eigenvalue weighted by Crippen LogP contribution is 2.33. The van der Waals surface area contributed by atoms with Crippen LogP contribution < -0.4 is 0 Å². The molecule has 0 nitrogen and oxygen atoms in total. The van der Waals surface area contributed by atoms with Gasteiger partial charge in [-0.2, -0.15) is 0 Å². The van der Waals surface area contributed by atoms with E-state index in [1.165, 1.54) is 20.2 Å². The van der Waals surface area contributed by atoms with Gasteiger partial charge in [0.25, 0.3) is 0 Å². The van der Waals surface area contributed by atoms with Crippen molar-refractivity contribution in [3.63, 3.8) is 0 Å². The molecule has 0 saturated heterocycles. The van der Waals surface area contributed by atoms with E-state index in [9.17, 15) is 0 Å². The first-order valence-electron chi connectivity index (χ1n) is 6.88. The van der Waals surface area contributed by atoms with Crippen molar-refractivity contribution in [3.05, 3.63) is 90.5 Å². The normalized spacial score (nSPS) is 10.8. The smallest absolute Gasteiger partial charge is 0.0874 e. The van der Waals surface area contributed by atoms with Crippen LogP contribution in [-0.2, 0) is 16.2 Å². The summed E-state index contributed by atoms with van der Waals surface area (Å²) in [5, 5.41) is 0.881. The van der Waals surface area contributed by atoms with Gasteiger partial charge in [0.2, 0.25) is 0 Å². The van der Waals surface area contributed by atoms with E-state index in [4.69, 9.17) is 0 Å². The third-order valence-electron chi connectivity index (χ3n) is 3.29. The fraction of sp³-hybridized carbons (Fsp3) is 0.0526. The lowest BCUT2D eigenvalue weighted by atomic mass is 10.2. The van der Waals surface area contributed by atoms with Gasteiger partial charge >= 0.3 is 0 Å². The van der Waals surface area contributed by atoms with Gasteiger partial charge < -0.3 is 0 Å². The van der Waals surface area contributed by atoms with E-state index in [1.54, 1.807) is 0 Å². The first-order valence-corrected chi connectivity index (χ1v) is 9.23. The van der Waals surface area contributed by atoms with Crippen molar-refractivity contribution in [1.29, 1.82) is 0 Å². The van der Waals surface area contributed by atoms with E-state index in [0.717, 1.165) is 5.33 Å². The fourth-order valence-corrected chi connectivity index (χ4v) is 5.25. The van der Waals surface area contributed by atoms with Crippen LogP contribution in [0, 0.1) is 0 Å². The maximum atomic E-state index is 3.63. The van der Waals surface area contributed by atoms with Crippen LogP contribution in [-0.4, -0.2) is 0 Å². The molecule has 0 amide bonds. The minimum absolute atomic E-state index is 0.0561. The second-order valence-corrected chi connectivity index (χ2v) is 7.23. The van der Waals surface area contributed by atoms with E-state index in [1.807, 2.05) is 0 Å². The van der Waals surface area contributed by atoms with Crippen LogP contribution in [0.4, 0.5) is 0 Å². The zero-order chi connectivity index (χ0) is 14.5. The van der Waals surface area contributed by atoms with Crippen LogP contribution >= 0.6 is 15.9 Å². The van der Waals surface area contributed by atoms with E-state index < -0.39 is 0 Å². The highest BCUT2D eigenvalue weighted by Gasteiger charge is 2.30. The molecule has 0 unspecified atom stereocenters. The molecule has 0 bridgehead atoms. The molecule has 0 aromatic heterocycles. The number of hydrogen-bond acceptors (Lipinski definition) is 0. The van der Waals surface area contributed by atoms with Crippen LogP contribution in [0.1, 0.15) is 5.56 Å². The van der Waals surface area contributed by atoms with Gasteiger partial charge in [-0.25, -0.2) is 0 Å². The van der Waals surface area contributed by atoms with Crippen LogP contribution in [0.3, 0.4) is 0 Å². The fourth-order valence-electron chi connectivity index (χ4n) is 2.32. The molecule has 2 heteroatoms. The topological polar surface area (TPSA) is 0 Å². The molecule has 21 heavy (non-hydrogen) atoms. The van der Waals surface area contributed by atoms with Crippen molar-refractivity contribution in [1.82, 2.24) is 0 Å². The lowest BCUT2D eigenvalue weighted by Gasteiger charge is -2.10. The van der Waals surface area contributed by atoms with E-state index in [2.05, 4.69) is 101 Å². The standard InChI is InChI=1S/C19H16BrS/c20-15-16-9-7-8-14-19(16)21(17-10-3-1-4-11-17)18-12-5-2-6-13-18/h1-14H,15H2/q+1. The lowest BCUT2D eigenvalue weighted by Crippen LogP contribution is -2.07. The first kappa shape index (κ1) is 14.4. The summed E-state index contributed by atoms with van der Waals surface area (Å²) in [6.07, 6.45) is 0. The molecule has 3 aromatic carbocycles. The lowest BCUT2D eigenvalue weighted by molar-refractivity contribution is 1.24. The Morgan fingerprint density at radius 2 is 1.10 bits per heavy atom. The van der Waals surface area contributed by atoms with Gasteiger partial charge in [0.15, 0.2) is 14.7 Å². The summed E-state index contributed by atoms with van der Waals surface area (Å²) in [7, 11) is -0.0561. The second kappa shape index (κ2) is 6.97. The minimum Gasteiger partial charge on any atom is -0.0874 e. The Labute approximate surface area is 137 Å². The van der Waals surface area contributed by atoms with Crippen LogP contribution in [0.25, 0.3) is 0 Å². The molecule has 0 heterocycles. The molecule has 0 atom stereocenters. The summed E-state index contributed by atoms with van der Waals surface area (Å²) in [6, 6.07) is 30.2. The quantitative estimate of drug-likeness (QED) is 0.417. The molecule has 0 fully saturated rings. The van der Waals surface area contributed by atoms with Crippen LogP contribution in [0.5, 0.6) is 0 Å². The summed E-state index contributed by atoms with van der Waals surface area (Å²) < 4.78 is 0. The molecule has 0 saturated carbocycles. The average molecular weight is 356 g/mol. The van der Waals surface area contributed by atoms with Gasteiger partial charge in [-0.1, -0.05) is 70.5 Å². The molecule has 0 spiro atoms. The molecule has 104 valence electrons. The van der Waals surface area contributed by atoms with Gasteiger partial charge in [0, 0.05) is 10.9 Å². The zero-order valence-corrected chi connectivity index (χ0v) is 14.0. The molecule has 0 N–H and O–H groups in total. The predicted molar refractivity (Wildman–Crippen MR) is 94.1 cm³/mol. The largest absolute Gasteiger partial charge is 0.170 e. The molecule has 0 radical (unpaired) electrons. The Balaban J connectivity index is 2.17. The second-order valence-electron chi connectivity index (χ2n) is 4.67. The molecule has 0 aliphatic carbocycles. The summed E-state index contributed by atoms with van der Waals surface area (Å²) in [4.78, 5) is 4.11. The Bertz CT molecular complexity index is 656. The van der Waals surface area contributed by atoms with E-state index in [-0.39, 0.29) is 10.9 Å². The monoisotopic (exact) mass is 355 g/mol. The number of benzene rings is 3. The predicted octanol–water partition coefficient (Wildman–Crippen LogP) is 5.68. The molecule has 3 aromatic rings. The molecular formula is C19H16BrS+. The highest BCUT2D eigenvalue weighted by atomic mass is 79.9. The molecule has 3 rings (SSSR count). The van der Waals surface area contributed by atoms with Gasteiger partial charge in [-0.3, -0.25) is 0 Å². The maximum absolute atomic E-state index is 3.63. The van der Waals surface area contributed by atoms with E-state index in [0.29, 0.717) is 0 Å². The third-order valence-corrected chi connectivity index (χ3v) is 6.22. The van der Waals surface area contributed by atoms with Crippen LogP contribution in [0.15, 0.2) is 99.6 Å². The molecular weight excluding hydrogens is 340 g/mol. The van der Waals surface area contributed by atoms with Crippen molar-refractivity contribution in [2.75, 3.05) is 0 Å². The Hall–Kier alpha value is -1.51. The van der Waals surface area contributed by atoms with Crippen molar-refractivity contribution in [2.24, 2.45) is 0 Å². The summed E-state index contributed by atoms with van der Waals surface area (Å²) in [5.74, 6) is 0. The first-order chi connectivity index (χ1) is 10.4. The SMILES string of the molecule is BrCc1ccccc1[S+](c1ccccc1)c1ccccc1. The van der Waals surface area contributed by atoms with Crippen molar-refractivity contribution in [2.45, 2.75) is 20.0 Å². The molecule has 0 aliphatic rings. The van der Waals surface area contributed by atoms with Gasteiger partial charge in [0.05, 0.1) is 10.9 Å². The van der Waals surface area contributed by atoms with E-state index >= 15 is 0 Å². The Morgan fingerprint density at radius 1 is 0.619 bits per heavy atom. The van der Waals surface area contributed by atoms with Crippen molar-refractivity contribution >= 4 is 26.8 Å². The summed E-state index contributed by atoms with van der Waals surface area (Å²) >= 11 is 3.63. The Kier molecular flexibility index (Phi) is 4.79. The van der Waals surface area contributed by atoms with Gasteiger partial charge in [0.1, 0.15) is 0 Å². The highest BCUT2D eigenvalue weighted by molar-refractivity contribution is 9.08. The zero-order valence-electron chi connectivity index (χ0n) is 11.6. The number of hydrogen-bond donors (Lipinski definition) is 0. The van der Waals surface area contributed by atoms with Gasteiger partial charge in [-0.15, -0.1) is 0 Å². The summed E-state index contributed by atoms with van der Waals surface area (Å²) in [6.45, 7) is 0. The maximum Gasteiger partial charge on any atom is 0.170 e. The van der Waals surface area contributed by atoms with Crippen molar-refractivity contribution in [3.8, 4) is 0 Å². The third kappa shape index (κ3) is 3.22. The summed E-state index contributed by atoms with van der Waals surface area (Å²) in [5.41, 5.74) is 1.36. The number of alkyl halides is 1. The molecule has 0 aliphatic heterocycles. The number of rotatable bonds is 4.